The molecular formula is C31H27F5N6O6S. The van der Waals surface area contributed by atoms with Crippen LogP contribution in [0.2, 0.25) is 0 Å². The van der Waals surface area contributed by atoms with Crippen molar-refractivity contribution in [3.05, 3.63) is 77.8 Å². The molecule has 0 radical (unpaired) electrons. The highest BCUT2D eigenvalue weighted by Crippen LogP contribution is 2.39. The maximum absolute atomic E-state index is 14.5. The van der Waals surface area contributed by atoms with Gasteiger partial charge >= 0.3 is 12.3 Å². The van der Waals surface area contributed by atoms with Crippen LogP contribution >= 0.6 is 0 Å². The molecule has 2 amide bonds. The molecule has 1 saturated heterocycles. The van der Waals surface area contributed by atoms with Gasteiger partial charge in [-0.1, -0.05) is 18.2 Å². The molecule has 0 aliphatic carbocycles. The monoisotopic (exact) mass is 706 g/mol. The van der Waals surface area contributed by atoms with Gasteiger partial charge in [0.05, 0.1) is 59.8 Å². The second kappa shape index (κ2) is 12.5. The first-order valence-electron chi connectivity index (χ1n) is 14.7. The predicted molar refractivity (Wildman–Crippen MR) is 162 cm³/mol. The molecule has 4 heterocycles. The van der Waals surface area contributed by atoms with Crippen molar-refractivity contribution in [1.82, 2.24) is 20.1 Å². The Morgan fingerprint density at radius 3 is 2.45 bits per heavy atom. The van der Waals surface area contributed by atoms with E-state index in [1.807, 2.05) is 0 Å². The normalized spacial score (nSPS) is 20.4. The van der Waals surface area contributed by atoms with Gasteiger partial charge in [-0.3, -0.25) is 9.78 Å². The number of amides is 2. The summed E-state index contributed by atoms with van der Waals surface area (Å²) in [6.45, 7) is -1.19. The van der Waals surface area contributed by atoms with Crippen LogP contribution in [0.15, 0.2) is 70.1 Å². The lowest BCUT2D eigenvalue weighted by Crippen LogP contribution is -2.48. The maximum Gasteiger partial charge on any atom is 0.416 e. The number of nitrogens with two attached hydrogens (primary N) is 1. The molecule has 258 valence electrons. The van der Waals surface area contributed by atoms with Gasteiger partial charge in [-0.15, -0.1) is 10.2 Å². The highest BCUT2D eigenvalue weighted by molar-refractivity contribution is 7.91. The molecule has 2 aliphatic heterocycles. The molecule has 2 aromatic carbocycles. The lowest BCUT2D eigenvalue weighted by atomic mass is 9.95. The number of rotatable bonds is 5. The number of methoxy groups -OCH3 is 1. The molecule has 12 nitrogen and oxygen atoms in total. The van der Waals surface area contributed by atoms with Gasteiger partial charge in [0.25, 0.3) is 5.92 Å². The number of hydrogen-bond acceptors (Lipinski definition) is 10. The van der Waals surface area contributed by atoms with Crippen molar-refractivity contribution in [2.75, 3.05) is 30.9 Å². The van der Waals surface area contributed by atoms with E-state index < -0.39 is 70.2 Å². The molecule has 18 heteroatoms. The third-order valence-corrected chi connectivity index (χ3v) is 9.93. The van der Waals surface area contributed by atoms with E-state index in [1.54, 1.807) is 12.1 Å². The van der Waals surface area contributed by atoms with Crippen LogP contribution in [0.5, 0.6) is 0 Å². The van der Waals surface area contributed by atoms with E-state index in [4.69, 9.17) is 10.2 Å². The fraction of sp³-hybridized carbons (Fsp3) is 0.323. The maximum atomic E-state index is 14.5. The molecule has 49 heavy (non-hydrogen) atoms. The molecule has 2 aliphatic rings. The number of piperidine rings is 1. The second-order valence-electron chi connectivity index (χ2n) is 11.7. The average molecular weight is 707 g/mol. The third kappa shape index (κ3) is 6.96. The van der Waals surface area contributed by atoms with Crippen LogP contribution in [-0.2, 0) is 32.1 Å². The Bertz CT molecular complexity index is 2000. The van der Waals surface area contributed by atoms with Crippen LogP contribution in [0.25, 0.3) is 22.7 Å². The molecule has 6 rings (SSSR count). The van der Waals surface area contributed by atoms with Crippen LogP contribution < -0.4 is 10.6 Å². The average Bonchev–Trinajstić information content (AvgIpc) is 3.54. The molecule has 4 aromatic rings. The zero-order valence-corrected chi connectivity index (χ0v) is 26.3. The van der Waals surface area contributed by atoms with Crippen LogP contribution in [0.4, 0.5) is 32.4 Å². The van der Waals surface area contributed by atoms with Crippen LogP contribution in [0.1, 0.15) is 29.4 Å². The molecule has 0 bridgehead atoms. The zero-order valence-electron chi connectivity index (χ0n) is 25.5. The van der Waals surface area contributed by atoms with E-state index in [0.717, 1.165) is 29.0 Å². The minimum Gasteiger partial charge on any atom is -0.453 e. The SMILES string of the molecule is COC(=O)N1CC(c2nnc(-c3ccc4c(c3)N(Cc3ccc(-c5ccc(C(F)(F)F)cc5)nc3)C(=O)[C@@H](N)CS4(=O)=O)o2)CC(F)(F)C1. The van der Waals surface area contributed by atoms with E-state index in [2.05, 4.69) is 19.9 Å². The van der Waals surface area contributed by atoms with Gasteiger partial charge in [-0.25, -0.2) is 22.0 Å². The number of benzene rings is 2. The van der Waals surface area contributed by atoms with E-state index in [0.29, 0.717) is 16.8 Å². The molecular weight excluding hydrogens is 679 g/mol. The summed E-state index contributed by atoms with van der Waals surface area (Å²) in [5.74, 6) is -6.01. The van der Waals surface area contributed by atoms with Gasteiger partial charge in [0.1, 0.15) is 0 Å². The lowest BCUT2D eigenvalue weighted by molar-refractivity contribution is -0.137. The molecule has 2 atom stereocenters. The van der Waals surface area contributed by atoms with Gasteiger partial charge < -0.3 is 24.7 Å². The summed E-state index contributed by atoms with van der Waals surface area (Å²) in [4.78, 5) is 31.6. The summed E-state index contributed by atoms with van der Waals surface area (Å²) in [5, 5.41) is 7.88. The van der Waals surface area contributed by atoms with E-state index in [9.17, 15) is 40.0 Å². The summed E-state index contributed by atoms with van der Waals surface area (Å²) in [6, 6.07) is 10.1. The van der Waals surface area contributed by atoms with Crippen molar-refractivity contribution in [2.24, 2.45) is 5.73 Å². The number of fused-ring (bicyclic) bond motifs is 1. The number of ether oxygens (including phenoxy) is 1. The number of carbonyl (C=O) groups excluding carboxylic acids is 2. The van der Waals surface area contributed by atoms with Crippen molar-refractivity contribution in [3.63, 3.8) is 0 Å². The van der Waals surface area contributed by atoms with Crippen molar-refractivity contribution in [2.45, 2.75) is 41.9 Å². The molecule has 2 aromatic heterocycles. The van der Waals surface area contributed by atoms with Crippen molar-refractivity contribution < 1.29 is 49.1 Å². The number of likely N-dealkylation sites (tertiary alicyclic amines) is 1. The Kier molecular flexibility index (Phi) is 8.64. The minimum atomic E-state index is -4.49. The highest BCUT2D eigenvalue weighted by atomic mass is 32.2. The van der Waals surface area contributed by atoms with Gasteiger partial charge in [-0.2, -0.15) is 13.2 Å². The van der Waals surface area contributed by atoms with Crippen LogP contribution in [0, 0.1) is 0 Å². The topological polar surface area (TPSA) is 162 Å². The fourth-order valence-corrected chi connectivity index (χ4v) is 7.31. The highest BCUT2D eigenvalue weighted by Gasteiger charge is 2.45. The summed E-state index contributed by atoms with van der Waals surface area (Å²) in [7, 11) is -2.99. The fourth-order valence-electron chi connectivity index (χ4n) is 5.75. The Labute approximate surface area is 275 Å². The molecule has 1 fully saturated rings. The number of pyridine rings is 1. The van der Waals surface area contributed by atoms with Crippen molar-refractivity contribution in [1.29, 1.82) is 0 Å². The zero-order chi connectivity index (χ0) is 35.3. The second-order valence-corrected chi connectivity index (χ2v) is 13.7. The number of sulfone groups is 1. The lowest BCUT2D eigenvalue weighted by Gasteiger charge is -2.35. The number of alkyl halides is 5. The predicted octanol–water partition coefficient (Wildman–Crippen LogP) is 4.66. The first-order chi connectivity index (χ1) is 23.0. The number of carbonyl (C=O) groups is 2. The Balaban J connectivity index is 1.30. The Morgan fingerprint density at radius 2 is 1.80 bits per heavy atom. The quantitative estimate of drug-likeness (QED) is 0.289. The standard InChI is InChI=1S/C31H27F5N6O6S/c1-47-29(44)41-14-20(11-30(32,33)16-41)27-40-39-26(48-27)19-5-9-25-24(10-19)42(28(43)22(37)15-49(25,45)46)13-17-2-8-23(38-12-17)18-3-6-21(7-4-18)31(34,35)36/h2-10,12,20,22H,11,13-16,37H2,1H3/t20?,22-/m0/s1. The van der Waals surface area contributed by atoms with Gasteiger partial charge in [0.15, 0.2) is 9.84 Å². The third-order valence-electron chi connectivity index (χ3n) is 8.12. The Morgan fingerprint density at radius 1 is 1.08 bits per heavy atom. The number of aromatic nitrogens is 3. The van der Waals surface area contributed by atoms with Crippen molar-refractivity contribution >= 4 is 27.5 Å². The Hall–Kier alpha value is -4.97. The number of halogens is 5. The number of anilines is 1. The van der Waals surface area contributed by atoms with Crippen molar-refractivity contribution in [3.8, 4) is 22.7 Å². The summed E-state index contributed by atoms with van der Waals surface area (Å²) < 4.78 is 105. The van der Waals surface area contributed by atoms with Crippen LogP contribution in [0.3, 0.4) is 0 Å². The summed E-state index contributed by atoms with van der Waals surface area (Å²) in [6.07, 6.45) is -4.71. The molecule has 1 unspecified atom stereocenters. The smallest absolute Gasteiger partial charge is 0.416 e. The first-order valence-corrected chi connectivity index (χ1v) is 16.3. The van der Waals surface area contributed by atoms with E-state index in [1.165, 1.54) is 36.5 Å². The number of nitrogens with zero attached hydrogens (tertiary/aromatic N) is 5. The molecule has 2 N–H and O–H groups in total. The molecule has 0 spiro atoms. The van der Waals surface area contributed by atoms with E-state index >= 15 is 0 Å². The van der Waals surface area contributed by atoms with Crippen LogP contribution in [-0.4, -0.2) is 78.4 Å². The van der Waals surface area contributed by atoms with Gasteiger partial charge in [-0.05, 0) is 42.0 Å². The first kappa shape index (κ1) is 33.9. The van der Waals surface area contributed by atoms with Gasteiger partial charge in [0, 0.05) is 30.3 Å². The summed E-state index contributed by atoms with van der Waals surface area (Å²) in [5.41, 5.74) is 6.55. The largest absolute Gasteiger partial charge is 0.453 e. The minimum absolute atomic E-state index is 0.0527. The summed E-state index contributed by atoms with van der Waals surface area (Å²) >= 11 is 0. The van der Waals surface area contributed by atoms with E-state index in [-0.39, 0.29) is 41.0 Å². The molecule has 0 saturated carbocycles. The number of hydrogen-bond donors (Lipinski definition) is 1. The van der Waals surface area contributed by atoms with Gasteiger partial charge in [0.2, 0.25) is 17.7 Å².